The first-order valence-electron chi connectivity index (χ1n) is 10.6. The minimum atomic E-state index is -0.229. The van der Waals surface area contributed by atoms with Crippen molar-refractivity contribution in [2.24, 2.45) is 5.92 Å². The van der Waals surface area contributed by atoms with E-state index in [-0.39, 0.29) is 41.5 Å². The monoisotopic (exact) mass is 468 g/mol. The maximum atomic E-state index is 12.5. The van der Waals surface area contributed by atoms with Gasteiger partial charge in [0.2, 0.25) is 11.8 Å². The molecule has 1 unspecified atom stereocenters. The Morgan fingerprint density at radius 2 is 2.03 bits per heavy atom. The minimum Gasteiger partial charge on any atom is -0.447 e. The zero-order chi connectivity index (χ0) is 22.4. The van der Waals surface area contributed by atoms with Gasteiger partial charge in [0.1, 0.15) is 12.4 Å². The van der Waals surface area contributed by atoms with Crippen LogP contribution in [0.3, 0.4) is 0 Å². The molecule has 0 bridgehead atoms. The molecule has 0 aliphatic carbocycles. The molecule has 2 aliphatic rings. The molecular weight excluding hydrogens is 440 g/mol. The van der Waals surface area contributed by atoms with Crippen LogP contribution in [0.2, 0.25) is 5.02 Å². The number of halogens is 1. The van der Waals surface area contributed by atoms with E-state index in [2.05, 4.69) is 24.1 Å². The standard InChI is InChI=1S/C21H29ClN4O4S/c1-14(2)9-17-11-30-21(29)26(17)16-5-7-25(8-6-16)20(28)13-31-12-19(27)24-18-4-3-15(22)10-23-18/h3-4,10,14,16-17H,5-9,11-13H2,1-2H3,(H,23,24,27). The lowest BCUT2D eigenvalue weighted by atomic mass is 9.98. The second-order valence-corrected chi connectivity index (χ2v) is 9.70. The summed E-state index contributed by atoms with van der Waals surface area (Å²) in [6, 6.07) is 3.52. The highest BCUT2D eigenvalue weighted by Crippen LogP contribution is 2.27. The maximum absolute atomic E-state index is 12.5. The lowest BCUT2D eigenvalue weighted by molar-refractivity contribution is -0.129. The van der Waals surface area contributed by atoms with Crippen molar-refractivity contribution >= 4 is 47.1 Å². The van der Waals surface area contributed by atoms with E-state index in [9.17, 15) is 14.4 Å². The van der Waals surface area contributed by atoms with Crippen LogP contribution in [0.15, 0.2) is 18.3 Å². The van der Waals surface area contributed by atoms with Gasteiger partial charge in [-0.3, -0.25) is 14.5 Å². The normalized spacial score (nSPS) is 19.6. The van der Waals surface area contributed by atoms with Crippen molar-refractivity contribution in [1.29, 1.82) is 0 Å². The summed E-state index contributed by atoms with van der Waals surface area (Å²) in [5, 5.41) is 3.18. The molecule has 0 aromatic carbocycles. The number of aromatic nitrogens is 1. The minimum absolute atomic E-state index is 0.0172. The zero-order valence-electron chi connectivity index (χ0n) is 17.9. The van der Waals surface area contributed by atoms with Crippen LogP contribution in [-0.4, -0.2) is 76.0 Å². The van der Waals surface area contributed by atoms with E-state index in [0.29, 0.717) is 36.5 Å². The molecule has 1 aromatic heterocycles. The fraction of sp³-hybridized carbons (Fsp3) is 0.619. The van der Waals surface area contributed by atoms with Gasteiger partial charge in [-0.25, -0.2) is 9.78 Å². The topological polar surface area (TPSA) is 91.8 Å². The lowest BCUT2D eigenvalue weighted by Crippen LogP contribution is -2.50. The summed E-state index contributed by atoms with van der Waals surface area (Å²) < 4.78 is 5.28. The smallest absolute Gasteiger partial charge is 0.410 e. The summed E-state index contributed by atoms with van der Waals surface area (Å²) in [4.78, 5) is 44.5. The first-order chi connectivity index (χ1) is 14.8. The molecule has 1 atom stereocenters. The third-order valence-electron chi connectivity index (χ3n) is 5.41. The van der Waals surface area contributed by atoms with Gasteiger partial charge in [0, 0.05) is 25.3 Å². The Morgan fingerprint density at radius 1 is 1.29 bits per heavy atom. The van der Waals surface area contributed by atoms with Crippen LogP contribution in [0.25, 0.3) is 0 Å². The first-order valence-corrected chi connectivity index (χ1v) is 12.1. The van der Waals surface area contributed by atoms with E-state index in [1.54, 1.807) is 12.1 Å². The predicted octanol–water partition coefficient (Wildman–Crippen LogP) is 3.26. The molecule has 3 rings (SSSR count). The van der Waals surface area contributed by atoms with Gasteiger partial charge in [0.05, 0.1) is 22.6 Å². The highest BCUT2D eigenvalue weighted by Gasteiger charge is 2.39. The molecule has 3 heterocycles. The Hall–Kier alpha value is -2.00. The van der Waals surface area contributed by atoms with Gasteiger partial charge < -0.3 is 15.0 Å². The average Bonchev–Trinajstić information content (AvgIpc) is 3.09. The molecule has 1 N–H and O–H groups in total. The maximum Gasteiger partial charge on any atom is 0.410 e. The fourth-order valence-electron chi connectivity index (χ4n) is 3.99. The summed E-state index contributed by atoms with van der Waals surface area (Å²) in [5.41, 5.74) is 0. The number of carbonyl (C=O) groups excluding carboxylic acids is 3. The van der Waals surface area contributed by atoms with E-state index in [4.69, 9.17) is 16.3 Å². The van der Waals surface area contributed by atoms with Crippen molar-refractivity contribution in [2.45, 2.75) is 45.2 Å². The largest absolute Gasteiger partial charge is 0.447 e. The Balaban J connectivity index is 1.38. The highest BCUT2D eigenvalue weighted by molar-refractivity contribution is 8.00. The average molecular weight is 469 g/mol. The van der Waals surface area contributed by atoms with E-state index in [1.807, 2.05) is 9.80 Å². The van der Waals surface area contributed by atoms with Crippen LogP contribution in [-0.2, 0) is 14.3 Å². The molecule has 31 heavy (non-hydrogen) atoms. The number of carbonyl (C=O) groups is 3. The van der Waals surface area contributed by atoms with Gasteiger partial charge in [0.25, 0.3) is 0 Å². The summed E-state index contributed by atoms with van der Waals surface area (Å²) >= 11 is 7.05. The molecule has 8 nitrogen and oxygen atoms in total. The molecule has 0 saturated carbocycles. The number of amides is 3. The van der Waals surface area contributed by atoms with Crippen molar-refractivity contribution < 1.29 is 19.1 Å². The van der Waals surface area contributed by atoms with Gasteiger partial charge in [0.15, 0.2) is 0 Å². The summed E-state index contributed by atoms with van der Waals surface area (Å²) in [7, 11) is 0. The Morgan fingerprint density at radius 3 is 2.68 bits per heavy atom. The molecular formula is C21H29ClN4O4S. The number of pyridine rings is 1. The van der Waals surface area contributed by atoms with E-state index in [0.717, 1.165) is 19.3 Å². The quantitative estimate of drug-likeness (QED) is 0.629. The molecule has 0 radical (unpaired) electrons. The molecule has 2 fully saturated rings. The number of nitrogens with zero attached hydrogens (tertiary/aromatic N) is 3. The first kappa shape index (κ1) is 23.7. The van der Waals surface area contributed by atoms with Crippen molar-refractivity contribution in [3.8, 4) is 0 Å². The van der Waals surface area contributed by atoms with Crippen LogP contribution in [0.4, 0.5) is 10.6 Å². The van der Waals surface area contributed by atoms with Crippen molar-refractivity contribution in [3.05, 3.63) is 23.4 Å². The highest BCUT2D eigenvalue weighted by atomic mass is 35.5. The fourth-order valence-corrected chi connectivity index (χ4v) is 4.82. The number of anilines is 1. The molecule has 10 heteroatoms. The molecule has 3 amide bonds. The van der Waals surface area contributed by atoms with E-state index in [1.165, 1.54) is 18.0 Å². The van der Waals surface area contributed by atoms with Gasteiger partial charge in [-0.05, 0) is 37.3 Å². The van der Waals surface area contributed by atoms with Crippen LogP contribution in [0.5, 0.6) is 0 Å². The summed E-state index contributed by atoms with van der Waals surface area (Å²) in [6.45, 7) is 5.98. The van der Waals surface area contributed by atoms with Crippen LogP contribution >= 0.6 is 23.4 Å². The Bertz CT molecular complexity index is 784. The molecule has 170 valence electrons. The van der Waals surface area contributed by atoms with Gasteiger partial charge in [-0.15, -0.1) is 11.8 Å². The SMILES string of the molecule is CC(C)CC1COC(=O)N1C1CCN(C(=O)CSCC(=O)Nc2ccc(Cl)cn2)CC1. The van der Waals surface area contributed by atoms with Crippen molar-refractivity contribution in [3.63, 3.8) is 0 Å². The predicted molar refractivity (Wildman–Crippen MR) is 121 cm³/mol. The van der Waals surface area contributed by atoms with Crippen LogP contribution in [0.1, 0.15) is 33.1 Å². The Labute approximate surface area is 192 Å². The van der Waals surface area contributed by atoms with E-state index >= 15 is 0 Å². The lowest BCUT2D eigenvalue weighted by Gasteiger charge is -2.38. The number of hydrogen-bond donors (Lipinski definition) is 1. The molecule has 2 aliphatic heterocycles. The summed E-state index contributed by atoms with van der Waals surface area (Å²) in [5.74, 6) is 1.14. The third-order valence-corrected chi connectivity index (χ3v) is 6.55. The number of ether oxygens (including phenoxy) is 1. The van der Waals surface area contributed by atoms with Gasteiger partial charge in [-0.2, -0.15) is 0 Å². The number of hydrogen-bond acceptors (Lipinski definition) is 6. The molecule has 1 aromatic rings. The Kier molecular flexibility index (Phi) is 8.43. The third kappa shape index (κ3) is 6.74. The number of nitrogens with one attached hydrogen (secondary N) is 1. The van der Waals surface area contributed by atoms with Crippen LogP contribution in [0, 0.1) is 5.92 Å². The number of likely N-dealkylation sites (tertiary alicyclic amines) is 1. The molecule has 2 saturated heterocycles. The number of cyclic esters (lactones) is 1. The van der Waals surface area contributed by atoms with Crippen LogP contribution < -0.4 is 5.32 Å². The number of piperidine rings is 1. The number of thioether (sulfide) groups is 1. The molecule has 0 spiro atoms. The zero-order valence-corrected chi connectivity index (χ0v) is 19.5. The van der Waals surface area contributed by atoms with Crippen molar-refractivity contribution in [2.75, 3.05) is 36.5 Å². The van der Waals surface area contributed by atoms with E-state index < -0.39 is 0 Å². The van der Waals surface area contributed by atoms with Crippen molar-refractivity contribution in [1.82, 2.24) is 14.8 Å². The van der Waals surface area contributed by atoms with Gasteiger partial charge in [-0.1, -0.05) is 25.4 Å². The summed E-state index contributed by atoms with van der Waals surface area (Å²) in [6.07, 6.45) is 3.66. The van der Waals surface area contributed by atoms with Gasteiger partial charge >= 0.3 is 6.09 Å². The number of rotatable bonds is 8. The second-order valence-electron chi connectivity index (χ2n) is 8.28. The second kappa shape index (κ2) is 11.0.